The van der Waals surface area contributed by atoms with Crippen molar-refractivity contribution in [3.63, 3.8) is 0 Å². The fraction of sp³-hybridized carbons (Fsp3) is 0.100. The molecule has 2 heterocycles. The Hall–Kier alpha value is -3.41. The number of pyridine rings is 1. The molecule has 3 rings (SSSR count). The first kappa shape index (κ1) is 17.4. The first-order valence-electron chi connectivity index (χ1n) is 7.95. The number of aromatic nitrogens is 3. The third-order valence-corrected chi connectivity index (χ3v) is 3.94. The molecule has 6 heteroatoms. The van der Waals surface area contributed by atoms with Crippen LogP contribution in [0.5, 0.6) is 0 Å². The van der Waals surface area contributed by atoms with Crippen molar-refractivity contribution < 1.29 is 0 Å². The lowest BCUT2D eigenvalue weighted by atomic mass is 10.0. The summed E-state index contributed by atoms with van der Waals surface area (Å²) in [5.74, 6) is 0. The third kappa shape index (κ3) is 3.97. The second kappa shape index (κ2) is 8.11. The molecule has 2 aromatic heterocycles. The number of nitriles is 2. The summed E-state index contributed by atoms with van der Waals surface area (Å²) in [6.45, 7) is 0.476. The second-order valence-electron chi connectivity index (χ2n) is 5.50. The summed E-state index contributed by atoms with van der Waals surface area (Å²) in [5, 5.41) is 23.5. The third-order valence-electron chi connectivity index (χ3n) is 3.70. The van der Waals surface area contributed by atoms with Gasteiger partial charge >= 0.3 is 0 Å². The highest BCUT2D eigenvalue weighted by atomic mass is 35.5. The van der Waals surface area contributed by atoms with Gasteiger partial charge in [-0.2, -0.15) is 15.6 Å². The molecule has 0 unspecified atom stereocenters. The zero-order valence-electron chi connectivity index (χ0n) is 13.8. The van der Waals surface area contributed by atoms with Crippen LogP contribution in [0.2, 0.25) is 5.02 Å². The molecule has 3 aromatic rings. The molecular formula is C20H14ClN5. The Kier molecular flexibility index (Phi) is 5.43. The van der Waals surface area contributed by atoms with Gasteiger partial charge < -0.3 is 0 Å². The molecule has 0 aliphatic heterocycles. The van der Waals surface area contributed by atoms with E-state index in [-0.39, 0.29) is 0 Å². The molecule has 0 radical (unpaired) electrons. The number of hydrogen-bond acceptors (Lipinski definition) is 4. The van der Waals surface area contributed by atoms with E-state index in [0.29, 0.717) is 34.9 Å². The Morgan fingerprint density at radius 1 is 1.19 bits per heavy atom. The number of hydrogen-bond donors (Lipinski definition) is 0. The van der Waals surface area contributed by atoms with Gasteiger partial charge in [0.15, 0.2) is 0 Å². The average Bonchev–Trinajstić information content (AvgIpc) is 3.08. The Morgan fingerprint density at radius 3 is 2.77 bits per heavy atom. The number of aryl methyl sites for hydroxylation is 1. The van der Waals surface area contributed by atoms with Gasteiger partial charge in [0, 0.05) is 28.5 Å². The maximum atomic E-state index is 9.54. The maximum absolute atomic E-state index is 9.54. The van der Waals surface area contributed by atoms with Crippen molar-refractivity contribution in [3.05, 3.63) is 71.1 Å². The SMILES string of the molecule is N#CCCn1cc(C=C(C#N)c2ccccn2)c(-c2cccc(Cl)c2)n1. The largest absolute Gasteiger partial charge is 0.270 e. The molecule has 0 aliphatic carbocycles. The number of nitrogens with zero attached hydrogens (tertiary/aromatic N) is 5. The lowest BCUT2D eigenvalue weighted by molar-refractivity contribution is 0.629. The maximum Gasteiger partial charge on any atom is 0.101 e. The van der Waals surface area contributed by atoms with Gasteiger partial charge in [-0.15, -0.1) is 0 Å². The first-order chi connectivity index (χ1) is 12.7. The van der Waals surface area contributed by atoms with Gasteiger partial charge in [0.1, 0.15) is 6.07 Å². The number of allylic oxidation sites excluding steroid dienone is 1. The van der Waals surface area contributed by atoms with Crippen LogP contribution in [0.4, 0.5) is 0 Å². The minimum absolute atomic E-state index is 0.352. The summed E-state index contributed by atoms with van der Waals surface area (Å²) in [6, 6.07) is 17.1. The topological polar surface area (TPSA) is 78.3 Å². The van der Waals surface area contributed by atoms with Crippen LogP contribution in [0, 0.1) is 22.7 Å². The van der Waals surface area contributed by atoms with E-state index >= 15 is 0 Å². The van der Waals surface area contributed by atoms with Crippen molar-refractivity contribution in [1.29, 1.82) is 10.5 Å². The van der Waals surface area contributed by atoms with Gasteiger partial charge in [-0.3, -0.25) is 9.67 Å². The molecule has 0 amide bonds. The minimum atomic E-state index is 0.352. The number of halogens is 1. The summed E-state index contributed by atoms with van der Waals surface area (Å²) in [7, 11) is 0. The molecule has 126 valence electrons. The highest BCUT2D eigenvalue weighted by Gasteiger charge is 2.12. The molecule has 1 aromatic carbocycles. The Balaban J connectivity index is 2.10. The smallest absolute Gasteiger partial charge is 0.101 e. The molecule has 0 fully saturated rings. The van der Waals surface area contributed by atoms with E-state index in [1.54, 1.807) is 35.2 Å². The highest BCUT2D eigenvalue weighted by Crippen LogP contribution is 2.28. The van der Waals surface area contributed by atoms with E-state index in [4.69, 9.17) is 16.9 Å². The Labute approximate surface area is 156 Å². The lowest BCUT2D eigenvalue weighted by Crippen LogP contribution is -1.97. The van der Waals surface area contributed by atoms with Crippen LogP contribution in [0.15, 0.2) is 54.9 Å². The van der Waals surface area contributed by atoms with Gasteiger partial charge in [0.25, 0.3) is 0 Å². The van der Waals surface area contributed by atoms with E-state index in [2.05, 4.69) is 22.2 Å². The van der Waals surface area contributed by atoms with E-state index < -0.39 is 0 Å². The molecule has 0 spiro atoms. The van der Waals surface area contributed by atoms with Crippen molar-refractivity contribution in [2.45, 2.75) is 13.0 Å². The second-order valence-corrected chi connectivity index (χ2v) is 5.94. The quantitative estimate of drug-likeness (QED) is 0.625. The van der Waals surface area contributed by atoms with Crippen LogP contribution < -0.4 is 0 Å². The number of rotatable bonds is 5. The molecule has 0 N–H and O–H groups in total. The molecule has 0 saturated heterocycles. The Morgan fingerprint density at radius 2 is 2.08 bits per heavy atom. The number of benzene rings is 1. The fourth-order valence-electron chi connectivity index (χ4n) is 2.52. The minimum Gasteiger partial charge on any atom is -0.270 e. The highest BCUT2D eigenvalue weighted by molar-refractivity contribution is 6.30. The Bertz CT molecular complexity index is 1020. The van der Waals surface area contributed by atoms with Crippen molar-refractivity contribution in [2.24, 2.45) is 0 Å². The van der Waals surface area contributed by atoms with Crippen molar-refractivity contribution in [1.82, 2.24) is 14.8 Å². The van der Waals surface area contributed by atoms with Crippen LogP contribution in [0.3, 0.4) is 0 Å². The summed E-state index contributed by atoms with van der Waals surface area (Å²) >= 11 is 6.11. The molecular weight excluding hydrogens is 346 g/mol. The molecule has 26 heavy (non-hydrogen) atoms. The van der Waals surface area contributed by atoms with Crippen molar-refractivity contribution >= 4 is 23.3 Å². The average molecular weight is 360 g/mol. The van der Waals surface area contributed by atoms with Crippen LogP contribution in [-0.4, -0.2) is 14.8 Å². The van der Waals surface area contributed by atoms with Crippen molar-refractivity contribution in [3.8, 4) is 23.4 Å². The molecule has 5 nitrogen and oxygen atoms in total. The molecule has 0 aliphatic rings. The molecule has 0 bridgehead atoms. The van der Waals surface area contributed by atoms with Gasteiger partial charge in [-0.05, 0) is 30.3 Å². The van der Waals surface area contributed by atoms with Gasteiger partial charge in [0.05, 0.1) is 36.0 Å². The van der Waals surface area contributed by atoms with E-state index in [9.17, 15) is 5.26 Å². The standard InChI is InChI=1S/C20H14ClN5/c21-18-6-3-5-15(12-18)20-17(14-26(25-20)10-4-8-22)11-16(13-23)19-7-1-2-9-24-19/h1-3,5-7,9,11-12,14H,4,10H2. The summed E-state index contributed by atoms with van der Waals surface area (Å²) in [6.07, 6.45) is 5.59. The van der Waals surface area contributed by atoms with E-state index in [1.165, 1.54) is 0 Å². The first-order valence-corrected chi connectivity index (χ1v) is 8.32. The van der Waals surface area contributed by atoms with Gasteiger partial charge in [0.2, 0.25) is 0 Å². The van der Waals surface area contributed by atoms with E-state index in [0.717, 1.165) is 11.1 Å². The fourth-order valence-corrected chi connectivity index (χ4v) is 2.71. The summed E-state index contributed by atoms with van der Waals surface area (Å²) in [5.41, 5.74) is 3.35. The molecule has 0 saturated carbocycles. The summed E-state index contributed by atoms with van der Waals surface area (Å²) < 4.78 is 1.71. The van der Waals surface area contributed by atoms with Gasteiger partial charge in [-0.1, -0.05) is 29.8 Å². The monoisotopic (exact) mass is 359 g/mol. The molecule has 0 atom stereocenters. The predicted molar refractivity (Wildman–Crippen MR) is 101 cm³/mol. The van der Waals surface area contributed by atoms with E-state index in [1.807, 2.05) is 30.5 Å². The zero-order chi connectivity index (χ0) is 18.4. The summed E-state index contributed by atoms with van der Waals surface area (Å²) in [4.78, 5) is 4.24. The predicted octanol–water partition coefficient (Wildman–Crippen LogP) is 4.58. The van der Waals surface area contributed by atoms with Crippen molar-refractivity contribution in [2.75, 3.05) is 0 Å². The van der Waals surface area contributed by atoms with Crippen LogP contribution in [0.25, 0.3) is 22.9 Å². The normalized spacial score (nSPS) is 11.0. The van der Waals surface area contributed by atoms with Gasteiger partial charge in [-0.25, -0.2) is 0 Å². The van der Waals surface area contributed by atoms with Crippen LogP contribution in [0.1, 0.15) is 17.7 Å². The van der Waals surface area contributed by atoms with Crippen LogP contribution >= 0.6 is 11.6 Å². The lowest BCUT2D eigenvalue weighted by Gasteiger charge is -2.01. The van der Waals surface area contributed by atoms with Crippen LogP contribution in [-0.2, 0) is 6.54 Å². The zero-order valence-corrected chi connectivity index (χ0v) is 14.6.